The monoisotopic (exact) mass is 200 g/mol. The van der Waals surface area contributed by atoms with E-state index in [1.807, 2.05) is 25.3 Å². The Kier molecular flexibility index (Phi) is 3.51. The summed E-state index contributed by atoms with van der Waals surface area (Å²) in [5, 5.41) is 5.70. The van der Waals surface area contributed by atoms with E-state index in [9.17, 15) is 4.79 Å². The zero-order valence-corrected chi connectivity index (χ0v) is 8.43. The van der Waals surface area contributed by atoms with Crippen molar-refractivity contribution < 1.29 is 4.79 Å². The maximum absolute atomic E-state index is 10.7. The van der Waals surface area contributed by atoms with Gasteiger partial charge in [0.15, 0.2) is 0 Å². The van der Waals surface area contributed by atoms with E-state index in [0.717, 1.165) is 5.70 Å². The Bertz CT molecular complexity index is 260. The number of alkyl halides is 1. The van der Waals surface area contributed by atoms with Crippen LogP contribution in [0.3, 0.4) is 0 Å². The van der Waals surface area contributed by atoms with Crippen molar-refractivity contribution in [3.05, 3.63) is 23.9 Å². The number of carbonyl (C=O) groups excluding carboxylic acids is 1. The van der Waals surface area contributed by atoms with E-state index >= 15 is 0 Å². The third kappa shape index (κ3) is 2.86. The molecule has 2 unspecified atom stereocenters. The number of allylic oxidation sites excluding steroid dienone is 1. The zero-order chi connectivity index (χ0) is 9.84. The van der Waals surface area contributed by atoms with Gasteiger partial charge in [-0.05, 0) is 19.2 Å². The van der Waals surface area contributed by atoms with E-state index in [4.69, 9.17) is 11.6 Å². The van der Waals surface area contributed by atoms with E-state index in [1.165, 1.54) is 6.92 Å². The Morgan fingerprint density at radius 1 is 1.62 bits per heavy atom. The molecular weight excluding hydrogens is 188 g/mol. The van der Waals surface area contributed by atoms with Crippen LogP contribution >= 0.6 is 11.6 Å². The lowest BCUT2D eigenvalue weighted by Gasteiger charge is -2.20. The maximum atomic E-state index is 10.7. The van der Waals surface area contributed by atoms with Crippen LogP contribution in [-0.4, -0.2) is 24.4 Å². The summed E-state index contributed by atoms with van der Waals surface area (Å²) in [6.07, 6.45) is 5.57. The second-order valence-electron chi connectivity index (χ2n) is 2.92. The number of halogens is 1. The molecule has 0 bridgehead atoms. The molecule has 4 heteroatoms. The van der Waals surface area contributed by atoms with Gasteiger partial charge < -0.3 is 10.6 Å². The SMILES string of the molecule is CNC1C=C(NC(C)=O)C=CC1Cl. The highest BCUT2D eigenvalue weighted by molar-refractivity contribution is 6.22. The number of nitrogens with one attached hydrogen (secondary N) is 2. The van der Waals surface area contributed by atoms with Crippen LogP contribution in [0.4, 0.5) is 0 Å². The van der Waals surface area contributed by atoms with Crippen LogP contribution in [0.1, 0.15) is 6.92 Å². The average Bonchev–Trinajstić information content (AvgIpc) is 2.07. The molecule has 72 valence electrons. The number of hydrogen-bond acceptors (Lipinski definition) is 2. The average molecular weight is 201 g/mol. The van der Waals surface area contributed by atoms with E-state index in [2.05, 4.69) is 10.6 Å². The van der Waals surface area contributed by atoms with Crippen molar-refractivity contribution >= 4 is 17.5 Å². The molecule has 0 aromatic carbocycles. The Morgan fingerprint density at radius 2 is 2.31 bits per heavy atom. The van der Waals surface area contributed by atoms with Crippen molar-refractivity contribution in [3.63, 3.8) is 0 Å². The summed E-state index contributed by atoms with van der Waals surface area (Å²) in [4.78, 5) is 10.7. The van der Waals surface area contributed by atoms with Gasteiger partial charge in [0.05, 0.1) is 5.38 Å². The molecule has 1 amide bonds. The molecule has 0 heterocycles. The summed E-state index contributed by atoms with van der Waals surface area (Å²) in [5.41, 5.74) is 0.795. The van der Waals surface area contributed by atoms with Crippen molar-refractivity contribution in [1.82, 2.24) is 10.6 Å². The molecule has 0 saturated carbocycles. The first-order valence-electron chi connectivity index (χ1n) is 4.12. The van der Waals surface area contributed by atoms with Gasteiger partial charge in [-0.25, -0.2) is 0 Å². The molecule has 1 aliphatic rings. The normalized spacial score (nSPS) is 26.8. The van der Waals surface area contributed by atoms with Gasteiger partial charge in [0.2, 0.25) is 5.91 Å². The van der Waals surface area contributed by atoms with Crippen molar-refractivity contribution in [2.45, 2.75) is 18.3 Å². The molecule has 0 radical (unpaired) electrons. The van der Waals surface area contributed by atoms with Gasteiger partial charge in [0, 0.05) is 18.7 Å². The molecule has 13 heavy (non-hydrogen) atoms. The standard InChI is InChI=1S/C9H13ClN2O/c1-6(13)12-7-3-4-8(10)9(5-7)11-2/h3-5,8-9,11H,1-2H3,(H,12,13). The van der Waals surface area contributed by atoms with Crippen LogP contribution in [-0.2, 0) is 4.79 Å². The van der Waals surface area contributed by atoms with Gasteiger partial charge in [0.25, 0.3) is 0 Å². The quantitative estimate of drug-likeness (QED) is 0.647. The Labute approximate surface area is 82.8 Å². The van der Waals surface area contributed by atoms with Crippen LogP contribution in [0.2, 0.25) is 0 Å². The van der Waals surface area contributed by atoms with E-state index in [0.29, 0.717) is 0 Å². The van der Waals surface area contributed by atoms with Crippen LogP contribution in [0.25, 0.3) is 0 Å². The second-order valence-corrected chi connectivity index (χ2v) is 3.43. The van der Waals surface area contributed by atoms with Gasteiger partial charge in [-0.2, -0.15) is 0 Å². The molecule has 0 aromatic rings. The fraction of sp³-hybridized carbons (Fsp3) is 0.444. The van der Waals surface area contributed by atoms with Gasteiger partial charge in [0.1, 0.15) is 0 Å². The molecule has 0 aliphatic heterocycles. The minimum Gasteiger partial charge on any atom is -0.327 e. The number of carbonyl (C=O) groups is 1. The summed E-state index contributed by atoms with van der Waals surface area (Å²) < 4.78 is 0. The van der Waals surface area contributed by atoms with E-state index in [1.54, 1.807) is 0 Å². The van der Waals surface area contributed by atoms with Crippen LogP contribution in [0, 0.1) is 0 Å². The molecule has 2 atom stereocenters. The predicted octanol–water partition coefficient (Wildman–Crippen LogP) is 0.772. The number of amides is 1. The minimum atomic E-state index is -0.0706. The number of rotatable bonds is 2. The third-order valence-electron chi connectivity index (χ3n) is 1.82. The van der Waals surface area contributed by atoms with Crippen LogP contribution < -0.4 is 10.6 Å². The summed E-state index contributed by atoms with van der Waals surface area (Å²) in [6.45, 7) is 1.48. The van der Waals surface area contributed by atoms with Crippen molar-refractivity contribution in [1.29, 1.82) is 0 Å². The summed E-state index contributed by atoms with van der Waals surface area (Å²) in [7, 11) is 1.83. The Morgan fingerprint density at radius 3 is 2.85 bits per heavy atom. The van der Waals surface area contributed by atoms with Gasteiger partial charge in [-0.15, -0.1) is 11.6 Å². The fourth-order valence-corrected chi connectivity index (χ4v) is 1.46. The largest absolute Gasteiger partial charge is 0.327 e. The molecular formula is C9H13ClN2O. The Balaban J connectivity index is 2.66. The smallest absolute Gasteiger partial charge is 0.221 e. The number of hydrogen-bond donors (Lipinski definition) is 2. The third-order valence-corrected chi connectivity index (χ3v) is 2.23. The molecule has 0 spiro atoms. The van der Waals surface area contributed by atoms with E-state index < -0.39 is 0 Å². The first-order valence-corrected chi connectivity index (χ1v) is 4.56. The molecule has 1 rings (SSSR count). The number of likely N-dealkylation sites (N-methyl/N-ethyl adjacent to an activating group) is 1. The van der Waals surface area contributed by atoms with Crippen LogP contribution in [0.5, 0.6) is 0 Å². The van der Waals surface area contributed by atoms with Crippen molar-refractivity contribution in [3.8, 4) is 0 Å². The molecule has 1 aliphatic carbocycles. The fourth-order valence-electron chi connectivity index (χ4n) is 1.19. The lowest BCUT2D eigenvalue weighted by atomic mass is 10.1. The first-order chi connectivity index (χ1) is 6.13. The lowest BCUT2D eigenvalue weighted by molar-refractivity contribution is -0.118. The Hall–Kier alpha value is -0.800. The second kappa shape index (κ2) is 4.44. The van der Waals surface area contributed by atoms with Gasteiger partial charge in [-0.3, -0.25) is 4.79 Å². The minimum absolute atomic E-state index is 0.0532. The molecule has 3 nitrogen and oxygen atoms in total. The highest BCUT2D eigenvalue weighted by Crippen LogP contribution is 2.14. The highest BCUT2D eigenvalue weighted by Gasteiger charge is 2.16. The lowest BCUT2D eigenvalue weighted by Crippen LogP contribution is -2.35. The van der Waals surface area contributed by atoms with Crippen molar-refractivity contribution in [2.24, 2.45) is 0 Å². The summed E-state index contributed by atoms with van der Waals surface area (Å²) >= 11 is 5.98. The first kappa shape index (κ1) is 10.3. The molecule has 2 N–H and O–H groups in total. The maximum Gasteiger partial charge on any atom is 0.221 e. The highest BCUT2D eigenvalue weighted by atomic mass is 35.5. The topological polar surface area (TPSA) is 41.1 Å². The van der Waals surface area contributed by atoms with Gasteiger partial charge >= 0.3 is 0 Å². The van der Waals surface area contributed by atoms with Gasteiger partial charge in [-0.1, -0.05) is 6.08 Å². The molecule has 0 aromatic heterocycles. The molecule has 0 saturated heterocycles. The van der Waals surface area contributed by atoms with Crippen LogP contribution in [0.15, 0.2) is 23.9 Å². The zero-order valence-electron chi connectivity index (χ0n) is 7.67. The summed E-state index contributed by atoms with van der Waals surface area (Å²) in [6, 6.07) is 0.0773. The predicted molar refractivity (Wildman–Crippen MR) is 53.5 cm³/mol. The van der Waals surface area contributed by atoms with Crippen molar-refractivity contribution in [2.75, 3.05) is 7.05 Å². The summed E-state index contributed by atoms with van der Waals surface area (Å²) in [5.74, 6) is -0.0706. The molecule has 0 fully saturated rings. The van der Waals surface area contributed by atoms with E-state index in [-0.39, 0.29) is 17.3 Å².